The Hall–Kier alpha value is -3.32. The van der Waals surface area contributed by atoms with Crippen LogP contribution in [0.3, 0.4) is 0 Å². The van der Waals surface area contributed by atoms with Gasteiger partial charge < -0.3 is 4.57 Å². The molecule has 1 aromatic heterocycles. The molecule has 0 aliphatic carbocycles. The highest BCUT2D eigenvalue weighted by molar-refractivity contribution is 6.09. The zero-order chi connectivity index (χ0) is 23.4. The van der Waals surface area contributed by atoms with Gasteiger partial charge in [0.05, 0.1) is 0 Å². The lowest BCUT2D eigenvalue weighted by Gasteiger charge is -2.24. The van der Waals surface area contributed by atoms with E-state index in [4.69, 9.17) is 0 Å². The molecule has 0 aliphatic heterocycles. The third kappa shape index (κ3) is 3.86. The molecule has 0 aliphatic rings. The van der Waals surface area contributed by atoms with Crippen LogP contribution < -0.4 is 0 Å². The van der Waals surface area contributed by atoms with Gasteiger partial charge in [-0.1, -0.05) is 87.5 Å². The van der Waals surface area contributed by atoms with E-state index in [0.29, 0.717) is 0 Å². The fourth-order valence-corrected chi connectivity index (χ4v) is 4.92. The number of para-hydroxylation sites is 1. The Morgan fingerprint density at radius 3 is 1.73 bits per heavy atom. The Morgan fingerprint density at radius 1 is 0.485 bits per heavy atom. The predicted molar refractivity (Wildman–Crippen MR) is 144 cm³/mol. The van der Waals surface area contributed by atoms with Crippen molar-refractivity contribution in [3.05, 3.63) is 96.6 Å². The number of hydrogen-bond acceptors (Lipinski definition) is 0. The molecule has 0 saturated heterocycles. The van der Waals surface area contributed by atoms with Gasteiger partial charge in [-0.25, -0.2) is 0 Å². The van der Waals surface area contributed by atoms with Crippen LogP contribution >= 0.6 is 0 Å². The van der Waals surface area contributed by atoms with Gasteiger partial charge in [0.15, 0.2) is 0 Å². The number of aromatic nitrogens is 1. The molecule has 1 heterocycles. The molecule has 5 aromatic rings. The lowest BCUT2D eigenvalue weighted by Crippen LogP contribution is -2.21. The van der Waals surface area contributed by atoms with Crippen molar-refractivity contribution in [2.45, 2.75) is 52.5 Å². The molecule has 0 bridgehead atoms. The van der Waals surface area contributed by atoms with E-state index in [1.54, 1.807) is 0 Å². The van der Waals surface area contributed by atoms with Crippen LogP contribution in [-0.2, 0) is 11.0 Å². The zero-order valence-electron chi connectivity index (χ0n) is 20.6. The summed E-state index contributed by atoms with van der Waals surface area (Å²) in [5.74, 6) is 0. The minimum Gasteiger partial charge on any atom is -0.335 e. The first-order valence-electron chi connectivity index (χ1n) is 11.9. The summed E-state index contributed by atoms with van der Waals surface area (Å²) in [7, 11) is 0. The standard InChI is InChI=1S/C32H33N/c1-31(2,3)26-17-14-22(15-18-26)23-10-9-11-24(20-23)25-16-19-30-28(21-25)27-12-7-8-13-29(27)33(30)32(4,5)6/h7-21H,1-6H3. The molecule has 4 aromatic carbocycles. The van der Waals surface area contributed by atoms with Crippen molar-refractivity contribution in [2.75, 3.05) is 0 Å². The molecule has 0 fully saturated rings. The van der Waals surface area contributed by atoms with Gasteiger partial charge in [-0.15, -0.1) is 0 Å². The van der Waals surface area contributed by atoms with Crippen molar-refractivity contribution in [1.29, 1.82) is 0 Å². The summed E-state index contributed by atoms with van der Waals surface area (Å²) in [6, 6.07) is 33.6. The van der Waals surface area contributed by atoms with E-state index in [1.165, 1.54) is 49.6 Å². The van der Waals surface area contributed by atoms with Crippen molar-refractivity contribution < 1.29 is 0 Å². The molecule has 0 atom stereocenters. The molecule has 0 amide bonds. The number of rotatable bonds is 2. The normalized spacial score (nSPS) is 12.5. The second kappa shape index (κ2) is 7.63. The second-order valence-corrected chi connectivity index (χ2v) is 11.2. The van der Waals surface area contributed by atoms with Crippen LogP contribution in [0.2, 0.25) is 0 Å². The summed E-state index contributed by atoms with van der Waals surface area (Å²) in [5, 5.41) is 2.64. The molecule has 33 heavy (non-hydrogen) atoms. The van der Waals surface area contributed by atoms with E-state index in [1.807, 2.05) is 0 Å². The van der Waals surface area contributed by atoms with Crippen LogP contribution in [0.15, 0.2) is 91.0 Å². The predicted octanol–water partition coefficient (Wildman–Crippen LogP) is 9.18. The minimum atomic E-state index is 0.0159. The second-order valence-electron chi connectivity index (χ2n) is 11.2. The summed E-state index contributed by atoms with van der Waals surface area (Å²) in [4.78, 5) is 0. The van der Waals surface area contributed by atoms with Crippen LogP contribution in [0.5, 0.6) is 0 Å². The first-order chi connectivity index (χ1) is 15.6. The lowest BCUT2D eigenvalue weighted by molar-refractivity contribution is 0.423. The fraction of sp³-hybridized carbons (Fsp3) is 0.250. The maximum atomic E-state index is 2.47. The van der Waals surface area contributed by atoms with Gasteiger partial charge in [-0.3, -0.25) is 0 Å². The molecule has 5 rings (SSSR count). The van der Waals surface area contributed by atoms with Gasteiger partial charge in [0.25, 0.3) is 0 Å². The van der Waals surface area contributed by atoms with Crippen molar-refractivity contribution in [3.8, 4) is 22.3 Å². The maximum Gasteiger partial charge on any atom is 0.0496 e. The van der Waals surface area contributed by atoms with Gasteiger partial charge in [0, 0.05) is 27.3 Å². The number of benzene rings is 4. The Morgan fingerprint density at radius 2 is 1.06 bits per heavy atom. The summed E-state index contributed by atoms with van der Waals surface area (Å²) < 4.78 is 2.47. The van der Waals surface area contributed by atoms with E-state index < -0.39 is 0 Å². The Bertz CT molecular complexity index is 1450. The number of hydrogen-bond donors (Lipinski definition) is 0. The minimum absolute atomic E-state index is 0.0159. The molecule has 0 spiro atoms. The maximum absolute atomic E-state index is 2.47. The number of fused-ring (bicyclic) bond motifs is 3. The zero-order valence-corrected chi connectivity index (χ0v) is 20.6. The van der Waals surface area contributed by atoms with E-state index in [9.17, 15) is 0 Å². The van der Waals surface area contributed by atoms with Crippen molar-refractivity contribution in [1.82, 2.24) is 4.57 Å². The lowest BCUT2D eigenvalue weighted by atomic mass is 9.86. The molecule has 166 valence electrons. The highest BCUT2D eigenvalue weighted by Crippen LogP contribution is 2.37. The van der Waals surface area contributed by atoms with Crippen LogP contribution in [0, 0.1) is 0 Å². The molecular formula is C32H33N. The van der Waals surface area contributed by atoms with Crippen molar-refractivity contribution in [3.63, 3.8) is 0 Å². The largest absolute Gasteiger partial charge is 0.335 e. The molecule has 0 saturated carbocycles. The molecule has 1 nitrogen and oxygen atoms in total. The molecule has 0 unspecified atom stereocenters. The third-order valence-electron chi connectivity index (χ3n) is 6.62. The smallest absolute Gasteiger partial charge is 0.0496 e. The molecule has 1 heteroatoms. The molecule has 0 N–H and O–H groups in total. The van der Waals surface area contributed by atoms with E-state index in [0.717, 1.165) is 0 Å². The van der Waals surface area contributed by atoms with Gasteiger partial charge in [-0.2, -0.15) is 0 Å². The summed E-state index contributed by atoms with van der Waals surface area (Å²) in [5.41, 5.74) is 9.16. The van der Waals surface area contributed by atoms with E-state index >= 15 is 0 Å². The number of nitrogens with zero attached hydrogens (tertiary/aromatic N) is 1. The average molecular weight is 432 g/mol. The van der Waals surface area contributed by atoms with Gasteiger partial charge in [-0.05, 0) is 78.3 Å². The highest BCUT2D eigenvalue weighted by Gasteiger charge is 2.20. The van der Waals surface area contributed by atoms with Crippen molar-refractivity contribution in [2.24, 2.45) is 0 Å². The Kier molecular flexibility index (Phi) is 4.97. The van der Waals surface area contributed by atoms with Crippen LogP contribution in [0.25, 0.3) is 44.1 Å². The SMILES string of the molecule is CC(C)(C)c1ccc(-c2cccc(-c3ccc4c(c3)c3ccccc3n4C(C)(C)C)c2)cc1. The van der Waals surface area contributed by atoms with Crippen LogP contribution in [0.4, 0.5) is 0 Å². The Balaban J connectivity index is 1.61. The quantitative estimate of drug-likeness (QED) is 0.262. The average Bonchev–Trinajstić information content (AvgIpc) is 3.13. The molecular weight excluding hydrogens is 398 g/mol. The van der Waals surface area contributed by atoms with Crippen LogP contribution in [-0.4, -0.2) is 4.57 Å². The monoisotopic (exact) mass is 431 g/mol. The van der Waals surface area contributed by atoms with Gasteiger partial charge in [0.2, 0.25) is 0 Å². The summed E-state index contributed by atoms with van der Waals surface area (Å²) >= 11 is 0. The first kappa shape index (κ1) is 21.5. The Labute approximate surface area is 197 Å². The summed E-state index contributed by atoms with van der Waals surface area (Å²) in [6.45, 7) is 13.6. The first-order valence-corrected chi connectivity index (χ1v) is 11.9. The topological polar surface area (TPSA) is 4.93 Å². The summed E-state index contributed by atoms with van der Waals surface area (Å²) in [6.07, 6.45) is 0. The van der Waals surface area contributed by atoms with Gasteiger partial charge in [0.1, 0.15) is 0 Å². The fourth-order valence-electron chi connectivity index (χ4n) is 4.92. The van der Waals surface area contributed by atoms with E-state index in [-0.39, 0.29) is 11.0 Å². The molecule has 0 radical (unpaired) electrons. The van der Waals surface area contributed by atoms with Crippen molar-refractivity contribution >= 4 is 21.8 Å². The highest BCUT2D eigenvalue weighted by atomic mass is 15.0. The van der Waals surface area contributed by atoms with Gasteiger partial charge >= 0.3 is 0 Å². The van der Waals surface area contributed by atoms with Crippen LogP contribution in [0.1, 0.15) is 47.1 Å². The van der Waals surface area contributed by atoms with E-state index in [2.05, 4.69) is 137 Å². The third-order valence-corrected chi connectivity index (χ3v) is 6.62.